The zero-order chi connectivity index (χ0) is 5.82. The summed E-state index contributed by atoms with van der Waals surface area (Å²) in [4.78, 5) is 0. The molecule has 1 aliphatic rings. The third-order valence-corrected chi connectivity index (χ3v) is 1.18. The second kappa shape index (κ2) is 2.72. The summed E-state index contributed by atoms with van der Waals surface area (Å²) in [6.07, 6.45) is 2.75. The molecule has 0 saturated carbocycles. The second-order valence-corrected chi connectivity index (χ2v) is 1.79. The van der Waals surface area contributed by atoms with Crippen LogP contribution in [0.3, 0.4) is 0 Å². The smallest absolute Gasteiger partial charge is 0.123 e. The van der Waals surface area contributed by atoms with Crippen LogP contribution in [0.15, 0.2) is 12.8 Å². The quantitative estimate of drug-likeness (QED) is 0.497. The lowest BCUT2D eigenvalue weighted by Gasteiger charge is -2.03. The summed E-state index contributed by atoms with van der Waals surface area (Å²) in [5.41, 5.74) is 0. The Morgan fingerprint density at radius 3 is 3.12 bits per heavy atom. The van der Waals surface area contributed by atoms with Crippen LogP contribution in [-0.2, 0) is 9.47 Å². The maximum Gasteiger partial charge on any atom is 0.123 e. The molecule has 0 aromatic carbocycles. The highest BCUT2D eigenvalue weighted by molar-refractivity contribution is 4.66. The SMILES string of the molecule is C=COC1CCOC1. The Morgan fingerprint density at radius 1 is 1.75 bits per heavy atom. The Hall–Kier alpha value is -0.500. The molecule has 1 atom stereocenters. The molecule has 2 heteroatoms. The van der Waals surface area contributed by atoms with Crippen molar-refractivity contribution < 1.29 is 9.47 Å². The summed E-state index contributed by atoms with van der Waals surface area (Å²) < 4.78 is 10.1. The molecule has 1 rings (SSSR count). The zero-order valence-corrected chi connectivity index (χ0v) is 4.80. The molecular weight excluding hydrogens is 104 g/mol. The molecule has 1 aliphatic heterocycles. The van der Waals surface area contributed by atoms with Crippen molar-refractivity contribution in [1.82, 2.24) is 0 Å². The van der Waals surface area contributed by atoms with Crippen LogP contribution in [0.25, 0.3) is 0 Å². The Bertz CT molecular complexity index is 74.6. The number of hydrogen-bond donors (Lipinski definition) is 0. The van der Waals surface area contributed by atoms with E-state index in [4.69, 9.17) is 9.47 Å². The Morgan fingerprint density at radius 2 is 2.62 bits per heavy atom. The lowest BCUT2D eigenvalue weighted by atomic mass is 10.3. The molecule has 0 radical (unpaired) electrons. The van der Waals surface area contributed by atoms with Gasteiger partial charge in [-0.1, -0.05) is 6.58 Å². The van der Waals surface area contributed by atoms with Crippen LogP contribution >= 0.6 is 0 Å². The number of hydrogen-bond acceptors (Lipinski definition) is 2. The summed E-state index contributed by atoms with van der Waals surface area (Å²) in [7, 11) is 0. The van der Waals surface area contributed by atoms with E-state index in [0.717, 1.165) is 19.6 Å². The van der Waals surface area contributed by atoms with Gasteiger partial charge < -0.3 is 9.47 Å². The van der Waals surface area contributed by atoms with Crippen LogP contribution in [0.5, 0.6) is 0 Å². The van der Waals surface area contributed by atoms with Crippen molar-refractivity contribution in [3.8, 4) is 0 Å². The monoisotopic (exact) mass is 114 g/mol. The fourth-order valence-electron chi connectivity index (χ4n) is 0.756. The average Bonchev–Trinajstić information content (AvgIpc) is 2.19. The van der Waals surface area contributed by atoms with Crippen molar-refractivity contribution in [2.75, 3.05) is 13.2 Å². The highest BCUT2D eigenvalue weighted by atomic mass is 16.5. The standard InChI is InChI=1S/C6H10O2/c1-2-8-6-3-4-7-5-6/h2,6H,1,3-5H2. The van der Waals surface area contributed by atoms with E-state index in [1.165, 1.54) is 6.26 Å². The lowest BCUT2D eigenvalue weighted by Crippen LogP contribution is -2.07. The first-order valence-electron chi connectivity index (χ1n) is 2.77. The van der Waals surface area contributed by atoms with E-state index in [2.05, 4.69) is 6.58 Å². The van der Waals surface area contributed by atoms with Gasteiger partial charge in [0.05, 0.1) is 19.5 Å². The van der Waals surface area contributed by atoms with Gasteiger partial charge in [-0.3, -0.25) is 0 Å². The van der Waals surface area contributed by atoms with Crippen LogP contribution < -0.4 is 0 Å². The summed E-state index contributed by atoms with van der Waals surface area (Å²) >= 11 is 0. The summed E-state index contributed by atoms with van der Waals surface area (Å²) in [6, 6.07) is 0. The van der Waals surface area contributed by atoms with E-state index in [0.29, 0.717) is 0 Å². The topological polar surface area (TPSA) is 18.5 Å². The first-order chi connectivity index (χ1) is 3.93. The van der Waals surface area contributed by atoms with Crippen molar-refractivity contribution >= 4 is 0 Å². The van der Waals surface area contributed by atoms with Crippen molar-refractivity contribution in [2.45, 2.75) is 12.5 Å². The third kappa shape index (κ3) is 1.23. The van der Waals surface area contributed by atoms with E-state index in [-0.39, 0.29) is 6.10 Å². The van der Waals surface area contributed by atoms with Crippen LogP contribution in [0.1, 0.15) is 6.42 Å². The van der Waals surface area contributed by atoms with Crippen molar-refractivity contribution in [2.24, 2.45) is 0 Å². The van der Waals surface area contributed by atoms with E-state index >= 15 is 0 Å². The minimum atomic E-state index is 0.271. The molecule has 0 bridgehead atoms. The highest BCUT2D eigenvalue weighted by Gasteiger charge is 2.14. The molecule has 1 heterocycles. The molecule has 0 aliphatic carbocycles. The molecule has 46 valence electrons. The molecule has 1 unspecified atom stereocenters. The van der Waals surface area contributed by atoms with Crippen molar-refractivity contribution in [3.63, 3.8) is 0 Å². The molecule has 0 spiro atoms. The molecular formula is C6H10O2. The van der Waals surface area contributed by atoms with Crippen LogP contribution in [-0.4, -0.2) is 19.3 Å². The molecule has 2 nitrogen and oxygen atoms in total. The number of rotatable bonds is 2. The average molecular weight is 114 g/mol. The predicted octanol–water partition coefficient (Wildman–Crippen LogP) is 0.935. The first kappa shape index (κ1) is 5.63. The van der Waals surface area contributed by atoms with Gasteiger partial charge in [0.1, 0.15) is 6.10 Å². The van der Waals surface area contributed by atoms with Gasteiger partial charge >= 0.3 is 0 Å². The predicted molar refractivity (Wildman–Crippen MR) is 30.5 cm³/mol. The van der Waals surface area contributed by atoms with Crippen LogP contribution in [0, 0.1) is 0 Å². The van der Waals surface area contributed by atoms with Gasteiger partial charge in [0.25, 0.3) is 0 Å². The molecule has 1 saturated heterocycles. The second-order valence-electron chi connectivity index (χ2n) is 1.79. The van der Waals surface area contributed by atoms with Crippen molar-refractivity contribution in [1.29, 1.82) is 0 Å². The Kier molecular flexibility index (Phi) is 1.92. The van der Waals surface area contributed by atoms with Crippen LogP contribution in [0.2, 0.25) is 0 Å². The van der Waals surface area contributed by atoms with Gasteiger partial charge in [-0.25, -0.2) is 0 Å². The molecule has 0 aromatic heterocycles. The Balaban J connectivity index is 2.14. The van der Waals surface area contributed by atoms with E-state index in [1.54, 1.807) is 0 Å². The highest BCUT2D eigenvalue weighted by Crippen LogP contribution is 2.07. The molecule has 0 N–H and O–H groups in total. The fraction of sp³-hybridized carbons (Fsp3) is 0.667. The number of ether oxygens (including phenoxy) is 2. The van der Waals surface area contributed by atoms with Gasteiger partial charge in [-0.2, -0.15) is 0 Å². The molecule has 0 aromatic rings. The maximum absolute atomic E-state index is 5.04. The van der Waals surface area contributed by atoms with Gasteiger partial charge in [0.2, 0.25) is 0 Å². The largest absolute Gasteiger partial charge is 0.496 e. The van der Waals surface area contributed by atoms with Gasteiger partial charge in [0, 0.05) is 6.42 Å². The molecule has 1 fully saturated rings. The third-order valence-electron chi connectivity index (χ3n) is 1.18. The maximum atomic E-state index is 5.04. The van der Waals surface area contributed by atoms with E-state index in [1.807, 2.05) is 0 Å². The summed E-state index contributed by atoms with van der Waals surface area (Å²) in [5.74, 6) is 0. The van der Waals surface area contributed by atoms with Crippen LogP contribution in [0.4, 0.5) is 0 Å². The van der Waals surface area contributed by atoms with Crippen molar-refractivity contribution in [3.05, 3.63) is 12.8 Å². The molecule has 8 heavy (non-hydrogen) atoms. The lowest BCUT2D eigenvalue weighted by molar-refractivity contribution is 0.111. The first-order valence-corrected chi connectivity index (χ1v) is 2.77. The summed E-state index contributed by atoms with van der Waals surface area (Å²) in [5, 5.41) is 0. The minimum Gasteiger partial charge on any atom is -0.496 e. The fourth-order valence-corrected chi connectivity index (χ4v) is 0.756. The zero-order valence-electron chi connectivity index (χ0n) is 4.80. The normalized spacial score (nSPS) is 27.8. The van der Waals surface area contributed by atoms with E-state index < -0.39 is 0 Å². The van der Waals surface area contributed by atoms with Gasteiger partial charge in [-0.15, -0.1) is 0 Å². The minimum absolute atomic E-state index is 0.271. The molecule has 0 amide bonds. The van der Waals surface area contributed by atoms with Gasteiger partial charge in [-0.05, 0) is 0 Å². The van der Waals surface area contributed by atoms with Gasteiger partial charge in [0.15, 0.2) is 0 Å². The summed E-state index contributed by atoms with van der Waals surface area (Å²) in [6.45, 7) is 5.01. The Labute approximate surface area is 49.1 Å². The van der Waals surface area contributed by atoms with E-state index in [9.17, 15) is 0 Å².